The van der Waals surface area contributed by atoms with E-state index < -0.39 is 5.97 Å². The van der Waals surface area contributed by atoms with Gasteiger partial charge in [-0.25, -0.2) is 4.79 Å². The van der Waals surface area contributed by atoms with Crippen LogP contribution in [0.3, 0.4) is 0 Å². The third kappa shape index (κ3) is 3.47. The Kier molecular flexibility index (Phi) is 4.35. The van der Waals surface area contributed by atoms with Gasteiger partial charge in [-0.05, 0) is 47.0 Å². The van der Waals surface area contributed by atoms with E-state index in [2.05, 4.69) is 0 Å². The van der Waals surface area contributed by atoms with Crippen LogP contribution in [0.4, 0.5) is 0 Å². The van der Waals surface area contributed by atoms with E-state index in [1.807, 2.05) is 45.8 Å². The van der Waals surface area contributed by atoms with Gasteiger partial charge in [0.1, 0.15) is 17.9 Å². The molecule has 0 aliphatic heterocycles. The fourth-order valence-electron chi connectivity index (χ4n) is 1.32. The van der Waals surface area contributed by atoms with Crippen molar-refractivity contribution in [2.75, 3.05) is 20.7 Å². The van der Waals surface area contributed by atoms with Crippen molar-refractivity contribution >= 4 is 5.97 Å². The monoisotopic (exact) mass is 251 g/mol. The number of benzene rings is 1. The fourth-order valence-corrected chi connectivity index (χ4v) is 1.32. The largest absolute Gasteiger partial charge is 0.491 e. The zero-order valence-electron chi connectivity index (χ0n) is 11.7. The zero-order chi connectivity index (χ0) is 13.9. The lowest BCUT2D eigenvalue weighted by Gasteiger charge is -2.32. The summed E-state index contributed by atoms with van der Waals surface area (Å²) in [7, 11) is 3.94. The highest BCUT2D eigenvalue weighted by atomic mass is 16.5. The topological polar surface area (TPSA) is 49.8 Å². The molecule has 1 aromatic rings. The van der Waals surface area contributed by atoms with Crippen molar-refractivity contribution in [2.45, 2.75) is 26.3 Å². The van der Waals surface area contributed by atoms with Gasteiger partial charge in [-0.2, -0.15) is 0 Å². The maximum absolute atomic E-state index is 11.1. The van der Waals surface area contributed by atoms with E-state index >= 15 is 0 Å². The van der Waals surface area contributed by atoms with Gasteiger partial charge in [0.2, 0.25) is 0 Å². The molecule has 0 aliphatic carbocycles. The molecule has 0 saturated carbocycles. The number of hydrogen-bond donors (Lipinski definition) is 1. The number of ether oxygens (including phenoxy) is 1. The maximum Gasteiger partial charge on any atom is 0.339 e. The summed E-state index contributed by atoms with van der Waals surface area (Å²) in [4.78, 5) is 13.2. The lowest BCUT2D eigenvalue weighted by Crippen LogP contribution is -2.43. The molecule has 0 aromatic heterocycles. The van der Waals surface area contributed by atoms with Crippen LogP contribution in [-0.2, 0) is 0 Å². The van der Waals surface area contributed by atoms with Crippen LogP contribution >= 0.6 is 0 Å². The molecule has 0 bridgehead atoms. The van der Waals surface area contributed by atoms with E-state index in [4.69, 9.17) is 9.84 Å². The van der Waals surface area contributed by atoms with Crippen LogP contribution in [0.1, 0.15) is 29.8 Å². The summed E-state index contributed by atoms with van der Waals surface area (Å²) in [6.07, 6.45) is 0. The molecule has 4 nitrogen and oxygen atoms in total. The van der Waals surface area contributed by atoms with Crippen molar-refractivity contribution in [3.63, 3.8) is 0 Å². The smallest absolute Gasteiger partial charge is 0.339 e. The number of aromatic carboxylic acids is 1. The van der Waals surface area contributed by atoms with Gasteiger partial charge in [-0.3, -0.25) is 0 Å². The van der Waals surface area contributed by atoms with E-state index in [0.717, 1.165) is 5.56 Å². The Morgan fingerprint density at radius 3 is 2.50 bits per heavy atom. The molecule has 0 radical (unpaired) electrons. The molecule has 0 atom stereocenters. The Balaban J connectivity index is 2.89. The number of hydrogen-bond acceptors (Lipinski definition) is 3. The molecular formula is C14H21NO3. The second-order valence-corrected chi connectivity index (χ2v) is 5.30. The molecular weight excluding hydrogens is 230 g/mol. The average Bonchev–Trinajstić information content (AvgIpc) is 2.27. The van der Waals surface area contributed by atoms with Crippen molar-refractivity contribution in [1.82, 2.24) is 4.90 Å². The molecule has 1 aromatic carbocycles. The second kappa shape index (κ2) is 5.40. The van der Waals surface area contributed by atoms with Crippen LogP contribution < -0.4 is 4.74 Å². The predicted octanol–water partition coefficient (Wildman–Crippen LogP) is 2.41. The highest BCUT2D eigenvalue weighted by Gasteiger charge is 2.22. The van der Waals surface area contributed by atoms with E-state index in [1.54, 1.807) is 12.1 Å². The van der Waals surface area contributed by atoms with Gasteiger partial charge in [0.15, 0.2) is 0 Å². The fraction of sp³-hybridized carbons (Fsp3) is 0.500. The Morgan fingerprint density at radius 2 is 2.00 bits per heavy atom. The standard InChI is InChI=1S/C14H21NO3/c1-10-6-7-12(11(8-10)13(16)17)18-9-14(2,3)15(4)5/h6-8H,9H2,1-5H3,(H,16,17). The third-order valence-electron chi connectivity index (χ3n) is 3.16. The molecule has 1 rings (SSSR count). The number of likely N-dealkylation sites (N-methyl/N-ethyl adjacent to an activating group) is 1. The van der Waals surface area contributed by atoms with Crippen LogP contribution in [0.25, 0.3) is 0 Å². The van der Waals surface area contributed by atoms with E-state index in [-0.39, 0.29) is 11.1 Å². The van der Waals surface area contributed by atoms with Crippen LogP contribution in [0.5, 0.6) is 5.75 Å². The Morgan fingerprint density at radius 1 is 1.39 bits per heavy atom. The summed E-state index contributed by atoms with van der Waals surface area (Å²) in [6.45, 7) is 6.38. The number of carbonyl (C=O) groups is 1. The molecule has 0 aliphatic rings. The van der Waals surface area contributed by atoms with Gasteiger partial charge in [0.05, 0.1) is 0 Å². The summed E-state index contributed by atoms with van der Waals surface area (Å²) in [6, 6.07) is 5.19. The number of carboxylic acid groups (broad SMARTS) is 1. The van der Waals surface area contributed by atoms with E-state index in [1.165, 1.54) is 0 Å². The van der Waals surface area contributed by atoms with E-state index in [0.29, 0.717) is 12.4 Å². The number of aryl methyl sites for hydroxylation is 1. The van der Waals surface area contributed by atoms with E-state index in [9.17, 15) is 4.79 Å². The number of carboxylic acids is 1. The first-order valence-electron chi connectivity index (χ1n) is 5.88. The lowest BCUT2D eigenvalue weighted by molar-refractivity contribution is 0.0684. The molecule has 18 heavy (non-hydrogen) atoms. The van der Waals surface area contributed by atoms with Gasteiger partial charge in [-0.1, -0.05) is 11.6 Å². The second-order valence-electron chi connectivity index (χ2n) is 5.30. The minimum Gasteiger partial charge on any atom is -0.491 e. The molecule has 0 fully saturated rings. The molecule has 0 saturated heterocycles. The highest BCUT2D eigenvalue weighted by Crippen LogP contribution is 2.22. The predicted molar refractivity (Wildman–Crippen MR) is 71.4 cm³/mol. The van der Waals surface area contributed by atoms with Crippen LogP contribution in [0.15, 0.2) is 18.2 Å². The zero-order valence-corrected chi connectivity index (χ0v) is 11.7. The normalized spacial score (nSPS) is 11.7. The van der Waals surface area contributed by atoms with Gasteiger partial charge >= 0.3 is 5.97 Å². The van der Waals surface area contributed by atoms with Crippen molar-refractivity contribution in [1.29, 1.82) is 0 Å². The number of rotatable bonds is 5. The highest BCUT2D eigenvalue weighted by molar-refractivity contribution is 5.91. The molecule has 0 spiro atoms. The van der Waals surface area contributed by atoms with Crippen LogP contribution in [0.2, 0.25) is 0 Å². The van der Waals surface area contributed by atoms with Crippen molar-refractivity contribution in [2.24, 2.45) is 0 Å². The van der Waals surface area contributed by atoms with Crippen molar-refractivity contribution in [3.05, 3.63) is 29.3 Å². The van der Waals surface area contributed by atoms with Gasteiger partial charge in [0, 0.05) is 5.54 Å². The summed E-state index contributed by atoms with van der Waals surface area (Å²) in [5.74, 6) is -0.542. The van der Waals surface area contributed by atoms with Gasteiger partial charge in [-0.15, -0.1) is 0 Å². The van der Waals surface area contributed by atoms with Crippen molar-refractivity contribution in [3.8, 4) is 5.75 Å². The van der Waals surface area contributed by atoms with Gasteiger partial charge < -0.3 is 14.7 Å². The molecule has 0 heterocycles. The third-order valence-corrected chi connectivity index (χ3v) is 3.16. The quantitative estimate of drug-likeness (QED) is 0.873. The maximum atomic E-state index is 11.1. The molecule has 0 unspecified atom stereocenters. The minimum atomic E-state index is -0.962. The first kappa shape index (κ1) is 14.5. The average molecular weight is 251 g/mol. The van der Waals surface area contributed by atoms with Crippen LogP contribution in [-0.4, -0.2) is 42.2 Å². The molecule has 100 valence electrons. The number of nitrogens with zero attached hydrogens (tertiary/aromatic N) is 1. The SMILES string of the molecule is Cc1ccc(OCC(C)(C)N(C)C)c(C(=O)O)c1. The first-order chi connectivity index (χ1) is 8.24. The summed E-state index contributed by atoms with van der Waals surface area (Å²) >= 11 is 0. The molecule has 0 amide bonds. The first-order valence-corrected chi connectivity index (χ1v) is 5.88. The van der Waals surface area contributed by atoms with Crippen molar-refractivity contribution < 1.29 is 14.6 Å². The minimum absolute atomic E-state index is 0.152. The summed E-state index contributed by atoms with van der Waals surface area (Å²) < 4.78 is 5.66. The Labute approximate surface area is 108 Å². The van der Waals surface area contributed by atoms with Crippen LogP contribution in [0, 0.1) is 6.92 Å². The Hall–Kier alpha value is -1.55. The molecule has 4 heteroatoms. The van der Waals surface area contributed by atoms with Gasteiger partial charge in [0.25, 0.3) is 0 Å². The summed E-state index contributed by atoms with van der Waals surface area (Å²) in [5.41, 5.74) is 0.969. The Bertz CT molecular complexity index is 439. The summed E-state index contributed by atoms with van der Waals surface area (Å²) in [5, 5.41) is 9.14. The molecule has 1 N–H and O–H groups in total. The lowest BCUT2D eigenvalue weighted by atomic mass is 10.1.